The Balaban J connectivity index is 3.36. The second-order valence-electron chi connectivity index (χ2n) is 4.18. The van der Waals surface area contributed by atoms with Gasteiger partial charge in [-0.1, -0.05) is 0 Å². The van der Waals surface area contributed by atoms with Crippen molar-refractivity contribution in [2.45, 2.75) is 39.7 Å². The highest BCUT2D eigenvalue weighted by Gasteiger charge is 2.09. The molecule has 0 aliphatic rings. The van der Waals surface area contributed by atoms with E-state index >= 15 is 0 Å². The molecule has 0 unspecified atom stereocenters. The summed E-state index contributed by atoms with van der Waals surface area (Å²) in [6.45, 7) is 10.7. The van der Waals surface area contributed by atoms with Crippen LogP contribution in [-0.4, -0.2) is 30.4 Å². The van der Waals surface area contributed by atoms with Crippen LogP contribution in [-0.2, 0) is 4.74 Å². The van der Waals surface area contributed by atoms with E-state index < -0.39 is 0 Å². The van der Waals surface area contributed by atoms with Gasteiger partial charge in [0.25, 0.3) is 0 Å². The molecule has 0 aliphatic carbocycles. The Labute approximate surface area is 92.6 Å². The minimum Gasteiger partial charge on any atom is -0.382 e. The predicted octanol–water partition coefficient (Wildman–Crippen LogP) is 1.68. The van der Waals surface area contributed by atoms with Gasteiger partial charge < -0.3 is 15.4 Å². The minimum atomic E-state index is 0.0317. The molecule has 3 nitrogen and oxygen atoms in total. The van der Waals surface area contributed by atoms with Crippen molar-refractivity contribution < 1.29 is 4.74 Å². The van der Waals surface area contributed by atoms with Crippen LogP contribution in [0.5, 0.6) is 0 Å². The van der Waals surface area contributed by atoms with Crippen molar-refractivity contribution in [1.29, 1.82) is 0 Å². The van der Waals surface area contributed by atoms with Crippen LogP contribution in [0.25, 0.3) is 0 Å². The lowest BCUT2D eigenvalue weighted by Gasteiger charge is -2.22. The van der Waals surface area contributed by atoms with Gasteiger partial charge in [-0.3, -0.25) is 0 Å². The van der Waals surface area contributed by atoms with Gasteiger partial charge in [0, 0.05) is 25.3 Å². The van der Waals surface area contributed by atoms with E-state index in [9.17, 15) is 0 Å². The summed E-state index contributed by atoms with van der Waals surface area (Å²) in [4.78, 5) is 0. The fraction of sp³-hybridized carbons (Fsp3) is 0.900. The lowest BCUT2D eigenvalue weighted by atomic mass is 10.1. The van der Waals surface area contributed by atoms with E-state index in [0.29, 0.717) is 5.11 Å². The summed E-state index contributed by atoms with van der Waals surface area (Å²) < 4.78 is 5.21. The molecule has 0 amide bonds. The Morgan fingerprint density at radius 3 is 2.50 bits per heavy atom. The Morgan fingerprint density at radius 2 is 2.00 bits per heavy atom. The summed E-state index contributed by atoms with van der Waals surface area (Å²) >= 11 is 5.12. The van der Waals surface area contributed by atoms with Gasteiger partial charge in [0.1, 0.15) is 0 Å². The average Bonchev–Trinajstić information content (AvgIpc) is 2.00. The zero-order valence-corrected chi connectivity index (χ0v) is 10.5. The second-order valence-corrected chi connectivity index (χ2v) is 4.59. The highest BCUT2D eigenvalue weighted by Crippen LogP contribution is 1.97. The summed E-state index contributed by atoms with van der Waals surface area (Å²) in [5.41, 5.74) is 0.0317. The van der Waals surface area contributed by atoms with Gasteiger partial charge in [-0.05, 0) is 46.3 Å². The fourth-order valence-electron chi connectivity index (χ4n) is 0.905. The molecule has 0 rings (SSSR count). The molecule has 0 saturated carbocycles. The van der Waals surface area contributed by atoms with Crippen LogP contribution in [0.2, 0.25) is 0 Å². The first kappa shape index (κ1) is 13.7. The molecule has 0 bridgehead atoms. The summed E-state index contributed by atoms with van der Waals surface area (Å²) in [6, 6.07) is 0. The number of rotatable bonds is 5. The molecular weight excluding hydrogens is 196 g/mol. The van der Waals surface area contributed by atoms with Crippen molar-refractivity contribution in [3.05, 3.63) is 0 Å². The number of hydrogen-bond donors (Lipinski definition) is 2. The summed E-state index contributed by atoms with van der Waals surface area (Å²) in [7, 11) is 0. The Bertz CT molecular complexity index is 166. The third kappa shape index (κ3) is 9.74. The molecular formula is C10H22N2OS. The predicted molar refractivity (Wildman–Crippen MR) is 64.6 cm³/mol. The topological polar surface area (TPSA) is 33.3 Å². The molecule has 0 saturated heterocycles. The largest absolute Gasteiger partial charge is 0.382 e. The maximum Gasteiger partial charge on any atom is 0.166 e. The molecule has 0 aromatic carbocycles. The highest BCUT2D eigenvalue weighted by atomic mass is 32.1. The van der Waals surface area contributed by atoms with E-state index in [2.05, 4.69) is 31.4 Å². The third-order valence-corrected chi connectivity index (χ3v) is 1.69. The van der Waals surface area contributed by atoms with Gasteiger partial charge in [0.15, 0.2) is 5.11 Å². The normalized spacial score (nSPS) is 11.1. The molecule has 0 radical (unpaired) electrons. The van der Waals surface area contributed by atoms with Gasteiger partial charge in [-0.2, -0.15) is 0 Å². The SMILES string of the molecule is CCOCCCNC(=S)NC(C)(C)C. The Hall–Kier alpha value is -0.350. The number of hydrogen-bond acceptors (Lipinski definition) is 2. The van der Waals surface area contributed by atoms with E-state index in [0.717, 1.165) is 26.2 Å². The molecule has 4 heteroatoms. The van der Waals surface area contributed by atoms with Crippen LogP contribution in [0.1, 0.15) is 34.1 Å². The van der Waals surface area contributed by atoms with Gasteiger partial charge >= 0.3 is 0 Å². The second kappa shape index (κ2) is 7.01. The van der Waals surface area contributed by atoms with Gasteiger partial charge in [0.2, 0.25) is 0 Å². The van der Waals surface area contributed by atoms with Crippen molar-refractivity contribution in [1.82, 2.24) is 10.6 Å². The lowest BCUT2D eigenvalue weighted by molar-refractivity contribution is 0.145. The maximum atomic E-state index is 5.21. The highest BCUT2D eigenvalue weighted by molar-refractivity contribution is 7.80. The molecule has 0 atom stereocenters. The van der Waals surface area contributed by atoms with Crippen molar-refractivity contribution in [3.8, 4) is 0 Å². The quantitative estimate of drug-likeness (QED) is 0.543. The summed E-state index contributed by atoms with van der Waals surface area (Å²) in [5, 5.41) is 7.04. The molecule has 2 N–H and O–H groups in total. The average molecular weight is 218 g/mol. The van der Waals surface area contributed by atoms with Crippen molar-refractivity contribution in [2.24, 2.45) is 0 Å². The molecule has 0 aromatic heterocycles. The fourth-order valence-corrected chi connectivity index (χ4v) is 1.31. The van der Waals surface area contributed by atoms with Gasteiger partial charge in [-0.25, -0.2) is 0 Å². The van der Waals surface area contributed by atoms with Crippen LogP contribution in [0, 0.1) is 0 Å². The molecule has 0 fully saturated rings. The first-order valence-corrected chi connectivity index (χ1v) is 5.50. The molecule has 0 heterocycles. The van der Waals surface area contributed by atoms with E-state index in [-0.39, 0.29) is 5.54 Å². The van der Waals surface area contributed by atoms with E-state index in [1.807, 2.05) is 6.92 Å². The monoisotopic (exact) mass is 218 g/mol. The minimum absolute atomic E-state index is 0.0317. The number of ether oxygens (including phenoxy) is 1. The molecule has 0 spiro atoms. The smallest absolute Gasteiger partial charge is 0.166 e. The Kier molecular flexibility index (Phi) is 6.83. The van der Waals surface area contributed by atoms with E-state index in [1.165, 1.54) is 0 Å². The molecule has 0 aliphatic heterocycles. The summed E-state index contributed by atoms with van der Waals surface area (Å²) in [5.74, 6) is 0. The number of nitrogens with one attached hydrogen (secondary N) is 2. The van der Waals surface area contributed by atoms with Crippen molar-refractivity contribution in [2.75, 3.05) is 19.8 Å². The molecule has 14 heavy (non-hydrogen) atoms. The van der Waals surface area contributed by atoms with Crippen LogP contribution < -0.4 is 10.6 Å². The maximum absolute atomic E-state index is 5.21. The van der Waals surface area contributed by atoms with E-state index in [1.54, 1.807) is 0 Å². The van der Waals surface area contributed by atoms with Crippen LogP contribution in [0.15, 0.2) is 0 Å². The third-order valence-electron chi connectivity index (χ3n) is 1.44. The van der Waals surface area contributed by atoms with Gasteiger partial charge in [0.05, 0.1) is 0 Å². The lowest BCUT2D eigenvalue weighted by Crippen LogP contribution is -2.46. The van der Waals surface area contributed by atoms with Crippen molar-refractivity contribution >= 4 is 17.3 Å². The van der Waals surface area contributed by atoms with Crippen LogP contribution >= 0.6 is 12.2 Å². The molecule has 0 aromatic rings. The van der Waals surface area contributed by atoms with Crippen molar-refractivity contribution in [3.63, 3.8) is 0 Å². The van der Waals surface area contributed by atoms with Gasteiger partial charge in [-0.15, -0.1) is 0 Å². The Morgan fingerprint density at radius 1 is 1.36 bits per heavy atom. The zero-order valence-electron chi connectivity index (χ0n) is 9.64. The number of thiocarbonyl (C=S) groups is 1. The summed E-state index contributed by atoms with van der Waals surface area (Å²) in [6.07, 6.45) is 0.986. The zero-order chi connectivity index (χ0) is 11.0. The van der Waals surface area contributed by atoms with E-state index in [4.69, 9.17) is 17.0 Å². The first-order chi connectivity index (χ1) is 6.45. The standard InChI is InChI=1S/C10H22N2OS/c1-5-13-8-6-7-11-9(14)12-10(2,3)4/h5-8H2,1-4H3,(H2,11,12,14). The van der Waals surface area contributed by atoms with Crippen LogP contribution in [0.4, 0.5) is 0 Å². The first-order valence-electron chi connectivity index (χ1n) is 5.09. The molecule has 84 valence electrons. The van der Waals surface area contributed by atoms with Crippen LogP contribution in [0.3, 0.4) is 0 Å².